The molecule has 110 valence electrons. The summed E-state index contributed by atoms with van der Waals surface area (Å²) in [5, 5.41) is 12.8. The number of aromatic nitrogens is 2. The van der Waals surface area contributed by atoms with E-state index in [1.807, 2.05) is 0 Å². The van der Waals surface area contributed by atoms with Crippen molar-refractivity contribution in [1.29, 1.82) is 0 Å². The molecule has 6 heteroatoms. The van der Waals surface area contributed by atoms with Crippen molar-refractivity contribution in [3.63, 3.8) is 0 Å². The zero-order chi connectivity index (χ0) is 15.5. The topological polar surface area (TPSA) is 64.3 Å². The number of carbonyl (C=O) groups is 1. The van der Waals surface area contributed by atoms with Gasteiger partial charge >= 0.3 is 6.09 Å². The molecule has 0 unspecified atom stereocenters. The van der Waals surface area contributed by atoms with E-state index in [-0.39, 0.29) is 5.82 Å². The first-order valence-electron chi connectivity index (χ1n) is 6.45. The number of rotatable bonds is 3. The number of carboxylic acid groups (broad SMARTS) is 1. The average Bonchev–Trinajstić information content (AvgIpc) is 3.00. The summed E-state index contributed by atoms with van der Waals surface area (Å²) in [5.41, 5.74) is 1.32. The van der Waals surface area contributed by atoms with Crippen LogP contribution in [0.1, 0.15) is 0 Å². The smallest absolute Gasteiger partial charge is 0.432 e. The Bertz CT molecular complexity index is 795. The van der Waals surface area contributed by atoms with Gasteiger partial charge in [0.1, 0.15) is 17.3 Å². The summed E-state index contributed by atoms with van der Waals surface area (Å²) in [6, 6.07) is 14.3. The van der Waals surface area contributed by atoms with Gasteiger partial charge in [0.2, 0.25) is 0 Å². The van der Waals surface area contributed by atoms with E-state index >= 15 is 0 Å². The number of ether oxygens (including phenoxy) is 1. The molecule has 5 nitrogen and oxygen atoms in total. The number of hydrogen-bond donors (Lipinski definition) is 1. The van der Waals surface area contributed by atoms with E-state index in [9.17, 15) is 9.18 Å². The molecule has 0 amide bonds. The summed E-state index contributed by atoms with van der Waals surface area (Å²) in [5.74, 6) is 0.800. The highest BCUT2D eigenvalue weighted by atomic mass is 19.1. The monoisotopic (exact) mass is 298 g/mol. The first kappa shape index (κ1) is 13.8. The molecule has 3 aromatic rings. The molecule has 0 bridgehead atoms. The Labute approximate surface area is 125 Å². The van der Waals surface area contributed by atoms with Gasteiger partial charge in [0.25, 0.3) is 0 Å². The molecule has 0 aliphatic carbocycles. The lowest BCUT2D eigenvalue weighted by molar-refractivity contribution is 0.192. The lowest BCUT2D eigenvalue weighted by Crippen LogP contribution is -2.07. The second-order valence-corrected chi connectivity index (χ2v) is 4.51. The lowest BCUT2D eigenvalue weighted by atomic mass is 10.1. The first-order valence-corrected chi connectivity index (χ1v) is 6.45. The second kappa shape index (κ2) is 5.69. The first-order chi connectivity index (χ1) is 10.6. The molecule has 0 radical (unpaired) electrons. The zero-order valence-electron chi connectivity index (χ0n) is 11.3. The number of hydrogen-bond acceptors (Lipinski definition) is 3. The molecular weight excluding hydrogens is 287 g/mol. The van der Waals surface area contributed by atoms with Gasteiger partial charge in [-0.15, -0.1) is 0 Å². The van der Waals surface area contributed by atoms with E-state index in [0.717, 1.165) is 10.2 Å². The van der Waals surface area contributed by atoms with Crippen molar-refractivity contribution in [2.45, 2.75) is 0 Å². The third kappa shape index (κ3) is 2.95. The Balaban J connectivity index is 1.77. The molecule has 22 heavy (non-hydrogen) atoms. The van der Waals surface area contributed by atoms with E-state index in [4.69, 9.17) is 9.84 Å². The average molecular weight is 298 g/mol. The fraction of sp³-hybridized carbons (Fsp3) is 0. The minimum absolute atomic E-state index is 0.322. The third-order valence-corrected chi connectivity index (χ3v) is 2.98. The summed E-state index contributed by atoms with van der Waals surface area (Å²) in [7, 11) is 0. The van der Waals surface area contributed by atoms with Crippen LogP contribution >= 0.6 is 0 Å². The van der Waals surface area contributed by atoms with Crippen LogP contribution in [-0.2, 0) is 0 Å². The second-order valence-electron chi connectivity index (χ2n) is 4.51. The van der Waals surface area contributed by atoms with Gasteiger partial charge in [-0.2, -0.15) is 9.78 Å². The van der Waals surface area contributed by atoms with Crippen LogP contribution in [0.3, 0.4) is 0 Å². The van der Waals surface area contributed by atoms with Gasteiger partial charge in [0, 0.05) is 11.8 Å². The summed E-state index contributed by atoms with van der Waals surface area (Å²) >= 11 is 0. The number of nitrogens with zero attached hydrogens (tertiary/aromatic N) is 2. The van der Waals surface area contributed by atoms with Gasteiger partial charge in [-0.05, 0) is 54.6 Å². The highest BCUT2D eigenvalue weighted by Gasteiger charge is 2.07. The van der Waals surface area contributed by atoms with Crippen molar-refractivity contribution >= 4 is 6.09 Å². The molecule has 0 atom stereocenters. The van der Waals surface area contributed by atoms with Crippen molar-refractivity contribution in [1.82, 2.24) is 9.78 Å². The Hall–Kier alpha value is -3.15. The van der Waals surface area contributed by atoms with E-state index in [1.165, 1.54) is 30.5 Å². The fourth-order valence-electron chi connectivity index (χ4n) is 1.92. The largest absolute Gasteiger partial charge is 0.463 e. The Morgan fingerprint density at radius 1 is 1.00 bits per heavy atom. The van der Waals surface area contributed by atoms with Crippen LogP contribution < -0.4 is 4.74 Å². The van der Waals surface area contributed by atoms with E-state index in [0.29, 0.717) is 17.2 Å². The predicted molar refractivity (Wildman–Crippen MR) is 77.6 cm³/mol. The molecule has 0 saturated heterocycles. The molecule has 2 aromatic carbocycles. The summed E-state index contributed by atoms with van der Waals surface area (Å²) in [6.07, 6.45) is 0.239. The van der Waals surface area contributed by atoms with Gasteiger partial charge < -0.3 is 9.84 Å². The van der Waals surface area contributed by atoms with Crippen molar-refractivity contribution < 1.29 is 19.0 Å². The normalized spacial score (nSPS) is 10.4. The Morgan fingerprint density at radius 2 is 1.59 bits per heavy atom. The number of halogens is 1. The SMILES string of the molecule is O=C(O)n1ccc(-c2ccc(Oc3ccc(F)cc3)cc2)n1. The van der Waals surface area contributed by atoms with Gasteiger partial charge in [-0.25, -0.2) is 9.18 Å². The molecule has 0 fully saturated rings. The molecule has 3 rings (SSSR count). The van der Waals surface area contributed by atoms with E-state index < -0.39 is 6.09 Å². The van der Waals surface area contributed by atoms with Crippen LogP contribution in [0, 0.1) is 5.82 Å². The highest BCUT2D eigenvalue weighted by molar-refractivity contribution is 5.69. The Kier molecular flexibility index (Phi) is 3.57. The number of benzene rings is 2. The highest BCUT2D eigenvalue weighted by Crippen LogP contribution is 2.25. The summed E-state index contributed by atoms with van der Waals surface area (Å²) in [6.45, 7) is 0. The van der Waals surface area contributed by atoms with E-state index in [1.54, 1.807) is 30.3 Å². The van der Waals surface area contributed by atoms with Gasteiger partial charge in [-0.1, -0.05) is 0 Å². The standard InChI is InChI=1S/C16H11FN2O3/c17-12-3-7-14(8-4-12)22-13-5-1-11(2-6-13)15-9-10-19(18-15)16(20)21/h1-10H,(H,20,21). The predicted octanol–water partition coefficient (Wildman–Crippen LogP) is 4.01. The molecule has 0 spiro atoms. The van der Waals surface area contributed by atoms with Gasteiger partial charge in [0.15, 0.2) is 0 Å². The van der Waals surface area contributed by atoms with E-state index in [2.05, 4.69) is 5.10 Å². The van der Waals surface area contributed by atoms with Crippen LogP contribution in [-0.4, -0.2) is 21.0 Å². The molecule has 1 heterocycles. The zero-order valence-corrected chi connectivity index (χ0v) is 11.3. The molecule has 0 saturated carbocycles. The summed E-state index contributed by atoms with van der Waals surface area (Å²) < 4.78 is 19.2. The maximum absolute atomic E-state index is 12.8. The molecule has 0 aliphatic rings. The molecule has 0 aliphatic heterocycles. The summed E-state index contributed by atoms with van der Waals surface area (Å²) in [4.78, 5) is 10.8. The van der Waals surface area contributed by atoms with Crippen molar-refractivity contribution in [3.05, 3.63) is 66.6 Å². The quantitative estimate of drug-likeness (QED) is 0.793. The molecule has 1 N–H and O–H groups in total. The maximum Gasteiger partial charge on any atom is 0.432 e. The Morgan fingerprint density at radius 3 is 2.14 bits per heavy atom. The van der Waals surface area contributed by atoms with Gasteiger partial charge in [-0.3, -0.25) is 0 Å². The van der Waals surface area contributed by atoms with Crippen LogP contribution in [0.5, 0.6) is 11.5 Å². The van der Waals surface area contributed by atoms with Crippen LogP contribution in [0.15, 0.2) is 60.8 Å². The maximum atomic E-state index is 12.8. The fourth-order valence-corrected chi connectivity index (χ4v) is 1.92. The lowest BCUT2D eigenvalue weighted by Gasteiger charge is -2.06. The minimum Gasteiger partial charge on any atom is -0.463 e. The minimum atomic E-state index is -1.14. The van der Waals surface area contributed by atoms with Crippen molar-refractivity contribution in [3.8, 4) is 22.8 Å². The molecular formula is C16H11FN2O3. The van der Waals surface area contributed by atoms with Crippen molar-refractivity contribution in [2.24, 2.45) is 0 Å². The molecule has 1 aromatic heterocycles. The third-order valence-electron chi connectivity index (χ3n) is 2.98. The van der Waals surface area contributed by atoms with Crippen LogP contribution in [0.4, 0.5) is 9.18 Å². The van der Waals surface area contributed by atoms with Gasteiger partial charge in [0.05, 0.1) is 5.69 Å². The van der Waals surface area contributed by atoms with Crippen LogP contribution in [0.25, 0.3) is 11.3 Å². The van der Waals surface area contributed by atoms with Crippen LogP contribution in [0.2, 0.25) is 0 Å². The van der Waals surface area contributed by atoms with Crippen molar-refractivity contribution in [2.75, 3.05) is 0 Å².